The van der Waals surface area contributed by atoms with Crippen molar-refractivity contribution in [2.24, 2.45) is 5.73 Å². The van der Waals surface area contributed by atoms with Crippen LogP contribution in [0.1, 0.15) is 15.9 Å². The number of para-hydroxylation sites is 1. The van der Waals surface area contributed by atoms with Gasteiger partial charge in [-0.05, 0) is 24.3 Å². The molecule has 0 aromatic heterocycles. The summed E-state index contributed by atoms with van der Waals surface area (Å²) < 4.78 is 5.34. The van der Waals surface area contributed by atoms with E-state index in [-0.39, 0.29) is 0 Å². The van der Waals surface area contributed by atoms with Gasteiger partial charge in [0.15, 0.2) is 0 Å². The Morgan fingerprint density at radius 3 is 2.57 bits per heavy atom. The number of ether oxygens (including phenoxy) is 1. The van der Waals surface area contributed by atoms with Crippen LogP contribution < -0.4 is 21.1 Å². The third-order valence-electron chi connectivity index (χ3n) is 3.32. The van der Waals surface area contributed by atoms with Gasteiger partial charge in [-0.1, -0.05) is 18.2 Å². The lowest BCUT2D eigenvalue weighted by atomic mass is 10.1. The van der Waals surface area contributed by atoms with Crippen molar-refractivity contribution in [3.8, 4) is 5.75 Å². The second-order valence-electron chi connectivity index (χ2n) is 4.81. The van der Waals surface area contributed by atoms with E-state index in [0.29, 0.717) is 17.8 Å². The van der Waals surface area contributed by atoms with Gasteiger partial charge in [-0.15, -0.1) is 0 Å². The number of benzene rings is 2. The molecule has 0 saturated heterocycles. The van der Waals surface area contributed by atoms with Crippen molar-refractivity contribution in [1.82, 2.24) is 0 Å². The first-order valence-corrected chi connectivity index (χ1v) is 6.55. The molecule has 1 amide bonds. The lowest BCUT2D eigenvalue weighted by Gasteiger charge is -2.22. The molecule has 0 aliphatic carbocycles. The molecule has 0 aliphatic rings. The standard InChI is InChI=1S/C16H19N3O2/c1-19(10-12-5-3-4-6-15(12)21-2)14-8-7-11(16(18)20)9-13(14)17/h3-9H,10,17H2,1-2H3,(H2,18,20). The Kier molecular flexibility index (Phi) is 4.33. The fourth-order valence-electron chi connectivity index (χ4n) is 2.23. The van der Waals surface area contributed by atoms with Crippen LogP contribution in [-0.4, -0.2) is 20.1 Å². The second kappa shape index (κ2) is 6.17. The molecule has 0 saturated carbocycles. The number of anilines is 2. The highest BCUT2D eigenvalue weighted by atomic mass is 16.5. The van der Waals surface area contributed by atoms with E-state index in [2.05, 4.69) is 0 Å². The Balaban J connectivity index is 2.24. The van der Waals surface area contributed by atoms with Gasteiger partial charge >= 0.3 is 0 Å². The van der Waals surface area contributed by atoms with Crippen LogP contribution in [0.5, 0.6) is 5.75 Å². The number of carbonyl (C=O) groups excluding carboxylic acids is 1. The van der Waals surface area contributed by atoms with Crippen LogP contribution in [-0.2, 0) is 6.54 Å². The Labute approximate surface area is 124 Å². The largest absolute Gasteiger partial charge is 0.496 e. The predicted molar refractivity (Wildman–Crippen MR) is 84.5 cm³/mol. The number of carbonyl (C=O) groups is 1. The number of nitrogens with zero attached hydrogens (tertiary/aromatic N) is 1. The fraction of sp³-hybridized carbons (Fsp3) is 0.188. The van der Waals surface area contributed by atoms with Gasteiger partial charge in [0.2, 0.25) is 5.91 Å². The number of hydrogen-bond acceptors (Lipinski definition) is 4. The number of hydrogen-bond donors (Lipinski definition) is 2. The summed E-state index contributed by atoms with van der Waals surface area (Å²) in [7, 11) is 3.58. The summed E-state index contributed by atoms with van der Waals surface area (Å²) in [5.41, 5.74) is 14.1. The molecule has 0 unspecified atom stereocenters. The highest BCUT2D eigenvalue weighted by Crippen LogP contribution is 2.27. The summed E-state index contributed by atoms with van der Waals surface area (Å²) in [6.45, 7) is 0.643. The average molecular weight is 285 g/mol. The highest BCUT2D eigenvalue weighted by Gasteiger charge is 2.11. The molecule has 0 radical (unpaired) electrons. The van der Waals surface area contributed by atoms with Crippen LogP contribution in [0.3, 0.4) is 0 Å². The van der Waals surface area contributed by atoms with E-state index in [1.54, 1.807) is 25.3 Å². The van der Waals surface area contributed by atoms with Crippen molar-refractivity contribution in [2.75, 3.05) is 24.8 Å². The topological polar surface area (TPSA) is 81.6 Å². The minimum absolute atomic E-state index is 0.405. The molecule has 2 aromatic rings. The molecule has 5 heteroatoms. The number of amides is 1. The van der Waals surface area contributed by atoms with Crippen molar-refractivity contribution in [1.29, 1.82) is 0 Å². The van der Waals surface area contributed by atoms with Gasteiger partial charge in [-0.3, -0.25) is 4.79 Å². The zero-order valence-electron chi connectivity index (χ0n) is 12.2. The zero-order valence-corrected chi connectivity index (χ0v) is 12.2. The first kappa shape index (κ1) is 14.7. The van der Waals surface area contributed by atoms with E-state index in [9.17, 15) is 4.79 Å². The zero-order chi connectivity index (χ0) is 15.4. The fourth-order valence-corrected chi connectivity index (χ4v) is 2.23. The van der Waals surface area contributed by atoms with E-state index < -0.39 is 5.91 Å². The molecule has 2 aromatic carbocycles. The number of primary amides is 1. The van der Waals surface area contributed by atoms with Crippen molar-refractivity contribution in [3.63, 3.8) is 0 Å². The molecule has 0 aliphatic heterocycles. The van der Waals surface area contributed by atoms with Crippen molar-refractivity contribution >= 4 is 17.3 Å². The summed E-state index contributed by atoms with van der Waals surface area (Å²) in [6, 6.07) is 12.9. The van der Waals surface area contributed by atoms with Gasteiger partial charge in [-0.25, -0.2) is 0 Å². The summed E-state index contributed by atoms with van der Waals surface area (Å²) in [6.07, 6.45) is 0. The maximum atomic E-state index is 11.1. The maximum Gasteiger partial charge on any atom is 0.248 e. The maximum absolute atomic E-state index is 11.1. The molecule has 2 rings (SSSR count). The molecular weight excluding hydrogens is 266 g/mol. The molecule has 0 atom stereocenters. The molecule has 5 nitrogen and oxygen atoms in total. The first-order valence-electron chi connectivity index (χ1n) is 6.55. The number of rotatable bonds is 5. The SMILES string of the molecule is COc1ccccc1CN(C)c1ccc(C(N)=O)cc1N. The van der Waals surface area contributed by atoms with Gasteiger partial charge in [-0.2, -0.15) is 0 Å². The smallest absolute Gasteiger partial charge is 0.248 e. The number of nitrogens with two attached hydrogens (primary N) is 2. The summed E-state index contributed by atoms with van der Waals surface area (Å²) in [4.78, 5) is 13.1. The average Bonchev–Trinajstić information content (AvgIpc) is 2.47. The van der Waals surface area contributed by atoms with Gasteiger partial charge in [0.25, 0.3) is 0 Å². The Morgan fingerprint density at radius 1 is 1.24 bits per heavy atom. The van der Waals surface area contributed by atoms with E-state index in [1.165, 1.54) is 0 Å². The minimum Gasteiger partial charge on any atom is -0.496 e. The van der Waals surface area contributed by atoms with E-state index >= 15 is 0 Å². The Bertz CT molecular complexity index is 656. The summed E-state index contributed by atoms with van der Waals surface area (Å²) >= 11 is 0. The van der Waals surface area contributed by atoms with Crippen LogP contribution in [0, 0.1) is 0 Å². The second-order valence-corrected chi connectivity index (χ2v) is 4.81. The van der Waals surface area contributed by atoms with Crippen LogP contribution in [0.2, 0.25) is 0 Å². The number of methoxy groups -OCH3 is 1. The van der Waals surface area contributed by atoms with Gasteiger partial charge in [0, 0.05) is 24.7 Å². The molecule has 110 valence electrons. The number of nitrogen functional groups attached to an aromatic ring is 1. The van der Waals surface area contributed by atoms with E-state index in [4.69, 9.17) is 16.2 Å². The van der Waals surface area contributed by atoms with Crippen LogP contribution in [0.15, 0.2) is 42.5 Å². The monoisotopic (exact) mass is 285 g/mol. The molecule has 4 N–H and O–H groups in total. The normalized spacial score (nSPS) is 10.2. The Hall–Kier alpha value is -2.69. The predicted octanol–water partition coefficient (Wildman–Crippen LogP) is 2.01. The van der Waals surface area contributed by atoms with Gasteiger partial charge in [0.05, 0.1) is 18.5 Å². The van der Waals surface area contributed by atoms with Gasteiger partial charge < -0.3 is 21.1 Å². The van der Waals surface area contributed by atoms with E-state index in [1.807, 2.05) is 36.2 Å². The lowest BCUT2D eigenvalue weighted by molar-refractivity contribution is 0.100. The van der Waals surface area contributed by atoms with Crippen LogP contribution in [0.25, 0.3) is 0 Å². The minimum atomic E-state index is -0.486. The summed E-state index contributed by atoms with van der Waals surface area (Å²) in [5.74, 6) is 0.345. The third kappa shape index (κ3) is 3.25. The third-order valence-corrected chi connectivity index (χ3v) is 3.32. The van der Waals surface area contributed by atoms with Crippen molar-refractivity contribution < 1.29 is 9.53 Å². The van der Waals surface area contributed by atoms with E-state index in [0.717, 1.165) is 17.0 Å². The molecule has 0 bridgehead atoms. The van der Waals surface area contributed by atoms with Crippen molar-refractivity contribution in [2.45, 2.75) is 6.54 Å². The van der Waals surface area contributed by atoms with Gasteiger partial charge in [0.1, 0.15) is 5.75 Å². The molecule has 0 spiro atoms. The summed E-state index contributed by atoms with van der Waals surface area (Å²) in [5, 5.41) is 0. The highest BCUT2D eigenvalue weighted by molar-refractivity contribution is 5.94. The van der Waals surface area contributed by atoms with Crippen LogP contribution in [0.4, 0.5) is 11.4 Å². The first-order chi connectivity index (χ1) is 10.0. The molecule has 0 heterocycles. The van der Waals surface area contributed by atoms with Crippen LogP contribution >= 0.6 is 0 Å². The molecule has 21 heavy (non-hydrogen) atoms. The quantitative estimate of drug-likeness (QED) is 0.823. The lowest BCUT2D eigenvalue weighted by Crippen LogP contribution is -2.19. The molecular formula is C16H19N3O2. The Morgan fingerprint density at radius 2 is 1.95 bits per heavy atom. The van der Waals surface area contributed by atoms with Crippen molar-refractivity contribution in [3.05, 3.63) is 53.6 Å². The molecule has 0 fully saturated rings.